The molecule has 0 aliphatic carbocycles. The third-order valence-electron chi connectivity index (χ3n) is 7.67. The number of hydrogen-bond donors (Lipinski definition) is 3. The number of unbranched alkanes of at least 4 members (excludes halogenated alkanes) is 18. The van der Waals surface area contributed by atoms with Gasteiger partial charge in [-0.3, -0.25) is 18.6 Å². The van der Waals surface area contributed by atoms with Crippen LogP contribution in [0.2, 0.25) is 0 Å². The molecule has 0 spiro atoms. The maximum absolute atomic E-state index is 12.5. The van der Waals surface area contributed by atoms with E-state index in [4.69, 9.17) is 19.1 Å². The van der Waals surface area contributed by atoms with E-state index >= 15 is 0 Å². The molecule has 0 aromatic rings. The number of carbonyl (C=O) groups excluding carboxylic acids is 2. The number of esters is 2. The van der Waals surface area contributed by atoms with Gasteiger partial charge in [-0.05, 0) is 32.1 Å². The highest BCUT2D eigenvalue weighted by Gasteiger charge is 2.27. The third kappa shape index (κ3) is 31.3. The lowest BCUT2D eigenvalue weighted by Gasteiger charge is -2.20. The molecule has 0 rings (SSSR count). The fraction of sp³-hybridized carbons (Fsp3) is 0.886. The van der Waals surface area contributed by atoms with Crippen LogP contribution in [0, 0.1) is 0 Å². The van der Waals surface area contributed by atoms with E-state index in [9.17, 15) is 24.2 Å². The Balaban J connectivity index is 4.40. The molecule has 0 fully saturated rings. The number of carbonyl (C=O) groups is 2. The summed E-state index contributed by atoms with van der Waals surface area (Å²) >= 11 is 0. The summed E-state index contributed by atoms with van der Waals surface area (Å²) < 4.78 is 32.5. The molecule has 3 atom stereocenters. The van der Waals surface area contributed by atoms with Crippen molar-refractivity contribution >= 4 is 19.8 Å². The highest BCUT2D eigenvalue weighted by atomic mass is 31.2. The molecule has 0 heterocycles. The molecular formula is C35H67O10P. The van der Waals surface area contributed by atoms with Gasteiger partial charge in [0.2, 0.25) is 0 Å². The van der Waals surface area contributed by atoms with E-state index in [1.54, 1.807) is 0 Å². The Bertz CT molecular complexity index is 791. The summed E-state index contributed by atoms with van der Waals surface area (Å²) in [7, 11) is -4.60. The van der Waals surface area contributed by atoms with Gasteiger partial charge >= 0.3 is 19.8 Å². The van der Waals surface area contributed by atoms with Crippen molar-refractivity contribution in [1.29, 1.82) is 0 Å². The molecule has 0 aliphatic rings. The lowest BCUT2D eigenvalue weighted by atomic mass is 10.0. The zero-order valence-corrected chi connectivity index (χ0v) is 29.9. The number of aliphatic hydroxyl groups is 2. The third-order valence-corrected chi connectivity index (χ3v) is 8.62. The molecule has 46 heavy (non-hydrogen) atoms. The molecule has 0 aromatic carbocycles. The first-order valence-electron chi connectivity index (χ1n) is 18.1. The summed E-state index contributed by atoms with van der Waals surface area (Å²) in [5.74, 6) is -0.934. The molecular weight excluding hydrogens is 611 g/mol. The highest BCUT2D eigenvalue weighted by molar-refractivity contribution is 7.47. The molecule has 0 aliphatic heterocycles. The fourth-order valence-corrected chi connectivity index (χ4v) is 5.59. The van der Waals surface area contributed by atoms with E-state index in [0.29, 0.717) is 12.8 Å². The smallest absolute Gasteiger partial charge is 0.462 e. The number of aliphatic hydroxyl groups excluding tert-OH is 2. The molecule has 0 radical (unpaired) electrons. The minimum absolute atomic E-state index is 0.187. The van der Waals surface area contributed by atoms with Gasteiger partial charge in [0.15, 0.2) is 6.10 Å². The van der Waals surface area contributed by atoms with Gasteiger partial charge in [-0.25, -0.2) is 4.57 Å². The van der Waals surface area contributed by atoms with Gasteiger partial charge in [0.05, 0.1) is 19.8 Å². The molecule has 3 N–H and O–H groups in total. The fourth-order valence-electron chi connectivity index (χ4n) is 4.80. The number of allylic oxidation sites excluding steroid dienone is 2. The summed E-state index contributed by atoms with van der Waals surface area (Å²) in [6.07, 6.45) is 26.1. The molecule has 0 saturated heterocycles. The average molecular weight is 679 g/mol. The van der Waals surface area contributed by atoms with Gasteiger partial charge in [-0.1, -0.05) is 129 Å². The van der Waals surface area contributed by atoms with Crippen molar-refractivity contribution in [2.45, 2.75) is 174 Å². The molecule has 0 aromatic heterocycles. The van der Waals surface area contributed by atoms with Crippen LogP contribution in [0.5, 0.6) is 0 Å². The number of hydrogen-bond acceptors (Lipinski definition) is 9. The first-order chi connectivity index (χ1) is 22.2. The maximum atomic E-state index is 12.5. The van der Waals surface area contributed by atoms with Crippen molar-refractivity contribution in [3.63, 3.8) is 0 Å². The van der Waals surface area contributed by atoms with Crippen molar-refractivity contribution in [2.75, 3.05) is 26.4 Å². The number of phosphoric ester groups is 1. The Labute approximate surface area is 279 Å². The second-order valence-corrected chi connectivity index (χ2v) is 13.7. The van der Waals surface area contributed by atoms with Crippen LogP contribution in [0.15, 0.2) is 12.2 Å². The maximum Gasteiger partial charge on any atom is 0.472 e. The van der Waals surface area contributed by atoms with Gasteiger partial charge in [-0.2, -0.15) is 0 Å². The van der Waals surface area contributed by atoms with Gasteiger partial charge < -0.3 is 24.6 Å². The van der Waals surface area contributed by atoms with Crippen molar-refractivity contribution in [3.8, 4) is 0 Å². The van der Waals surface area contributed by atoms with Crippen molar-refractivity contribution in [3.05, 3.63) is 12.2 Å². The van der Waals surface area contributed by atoms with Crippen LogP contribution in [-0.4, -0.2) is 65.7 Å². The van der Waals surface area contributed by atoms with Crippen molar-refractivity contribution in [1.82, 2.24) is 0 Å². The summed E-state index contributed by atoms with van der Waals surface area (Å²) in [4.78, 5) is 34.7. The van der Waals surface area contributed by atoms with Crippen LogP contribution >= 0.6 is 7.82 Å². The second-order valence-electron chi connectivity index (χ2n) is 12.3. The standard InChI is InChI=1S/C35H67O10P/c1-3-5-7-9-11-13-15-17-19-21-23-25-27-35(39)45-33(31-44-46(40,41)43-29-32(37)28-36)30-42-34(38)26-24-22-20-18-16-14-12-10-8-6-4-2/h10,12,32-33,36-37H,3-9,11,13-31H2,1-2H3,(H,40,41)/b12-10+/t32-,33+/m0/s1. The summed E-state index contributed by atoms with van der Waals surface area (Å²) in [5, 5.41) is 18.2. The molecule has 272 valence electrons. The molecule has 0 amide bonds. The first kappa shape index (κ1) is 44.7. The molecule has 0 bridgehead atoms. The van der Waals surface area contributed by atoms with Gasteiger partial charge in [0.25, 0.3) is 0 Å². The zero-order chi connectivity index (χ0) is 34.1. The van der Waals surface area contributed by atoms with Crippen molar-refractivity contribution < 1.29 is 47.8 Å². The Morgan fingerprint density at radius 1 is 0.630 bits per heavy atom. The van der Waals surface area contributed by atoms with Crippen LogP contribution in [0.1, 0.15) is 162 Å². The summed E-state index contributed by atoms with van der Waals surface area (Å²) in [6.45, 7) is 2.31. The largest absolute Gasteiger partial charge is 0.472 e. The Morgan fingerprint density at radius 3 is 1.63 bits per heavy atom. The van der Waals surface area contributed by atoms with E-state index < -0.39 is 51.8 Å². The number of rotatable bonds is 34. The van der Waals surface area contributed by atoms with Crippen LogP contribution < -0.4 is 0 Å². The van der Waals surface area contributed by atoms with Gasteiger partial charge in [0.1, 0.15) is 12.7 Å². The highest BCUT2D eigenvalue weighted by Crippen LogP contribution is 2.43. The van der Waals surface area contributed by atoms with Gasteiger partial charge in [0, 0.05) is 12.8 Å². The Morgan fingerprint density at radius 2 is 1.09 bits per heavy atom. The molecule has 11 heteroatoms. The predicted molar refractivity (Wildman–Crippen MR) is 182 cm³/mol. The Kier molecular flexibility index (Phi) is 31.4. The minimum Gasteiger partial charge on any atom is -0.462 e. The van der Waals surface area contributed by atoms with Crippen LogP contribution in [-0.2, 0) is 32.7 Å². The zero-order valence-electron chi connectivity index (χ0n) is 29.0. The topological polar surface area (TPSA) is 149 Å². The normalized spacial score (nSPS) is 14.3. The van der Waals surface area contributed by atoms with E-state index in [1.807, 2.05) is 0 Å². The minimum atomic E-state index is -4.60. The monoisotopic (exact) mass is 678 g/mol. The molecule has 10 nitrogen and oxygen atoms in total. The van der Waals surface area contributed by atoms with Crippen LogP contribution in [0.25, 0.3) is 0 Å². The quantitative estimate of drug-likeness (QED) is 0.0262. The Hall–Kier alpha value is -1.29. The lowest BCUT2D eigenvalue weighted by Crippen LogP contribution is -2.29. The summed E-state index contributed by atoms with van der Waals surface area (Å²) in [6, 6.07) is 0. The van der Waals surface area contributed by atoms with E-state index in [1.165, 1.54) is 64.2 Å². The molecule has 1 unspecified atom stereocenters. The van der Waals surface area contributed by atoms with Crippen LogP contribution in [0.4, 0.5) is 0 Å². The predicted octanol–water partition coefficient (Wildman–Crippen LogP) is 8.50. The van der Waals surface area contributed by atoms with Crippen molar-refractivity contribution in [2.24, 2.45) is 0 Å². The summed E-state index contributed by atoms with van der Waals surface area (Å²) in [5.41, 5.74) is 0. The van der Waals surface area contributed by atoms with E-state index in [2.05, 4.69) is 30.5 Å². The SMILES string of the molecule is CCCC/C=C/CCCCCCCC(=O)OC[C@H](COP(=O)(O)OC[C@@H](O)CO)OC(=O)CCCCCCCCCCCCCC. The van der Waals surface area contributed by atoms with E-state index in [0.717, 1.165) is 57.8 Å². The van der Waals surface area contributed by atoms with E-state index in [-0.39, 0.29) is 19.4 Å². The van der Waals surface area contributed by atoms with Gasteiger partial charge in [-0.15, -0.1) is 0 Å². The number of phosphoric acid groups is 1. The number of ether oxygens (including phenoxy) is 2. The lowest BCUT2D eigenvalue weighted by molar-refractivity contribution is -0.161. The second kappa shape index (κ2) is 32.3. The molecule has 0 saturated carbocycles. The van der Waals surface area contributed by atoms with Crippen LogP contribution in [0.3, 0.4) is 0 Å². The average Bonchev–Trinajstić information content (AvgIpc) is 3.04. The first-order valence-corrected chi connectivity index (χ1v) is 19.6.